The van der Waals surface area contributed by atoms with Crippen molar-refractivity contribution in [3.63, 3.8) is 0 Å². The lowest BCUT2D eigenvalue weighted by Crippen LogP contribution is -2.67. The Morgan fingerprint density at radius 2 is 2.09 bits per heavy atom. The standard InChI is InChI=1S/C15H25ClN2O4/c1-14(2,3)22-13(20)18-9-15(10-18)6-4-5-11(21-15)8-17-12(19)7-16/h11H,4-10H2,1-3H3,(H,17,19). The average Bonchev–Trinajstić information content (AvgIpc) is 2.40. The third-order valence-electron chi connectivity index (χ3n) is 3.83. The second kappa shape index (κ2) is 6.62. The van der Waals surface area contributed by atoms with Crippen LogP contribution in [0.1, 0.15) is 40.0 Å². The summed E-state index contributed by atoms with van der Waals surface area (Å²) in [5.41, 5.74) is -0.757. The van der Waals surface area contributed by atoms with E-state index in [0.717, 1.165) is 19.3 Å². The minimum atomic E-state index is -0.484. The molecule has 2 saturated heterocycles. The average molecular weight is 333 g/mol. The van der Waals surface area contributed by atoms with Gasteiger partial charge in [0.2, 0.25) is 5.91 Å². The maximum absolute atomic E-state index is 12.0. The molecule has 2 amide bonds. The van der Waals surface area contributed by atoms with Crippen LogP contribution in [-0.2, 0) is 14.3 Å². The van der Waals surface area contributed by atoms with Crippen LogP contribution in [0.25, 0.3) is 0 Å². The van der Waals surface area contributed by atoms with Crippen LogP contribution in [0.4, 0.5) is 4.79 Å². The van der Waals surface area contributed by atoms with Gasteiger partial charge in [-0.2, -0.15) is 0 Å². The van der Waals surface area contributed by atoms with Crippen LogP contribution < -0.4 is 5.32 Å². The van der Waals surface area contributed by atoms with Crippen LogP contribution in [0, 0.1) is 0 Å². The van der Waals surface area contributed by atoms with Gasteiger partial charge in [-0.1, -0.05) is 0 Å². The van der Waals surface area contributed by atoms with Crippen LogP contribution in [0.2, 0.25) is 0 Å². The summed E-state index contributed by atoms with van der Waals surface area (Å²) in [5, 5.41) is 2.75. The summed E-state index contributed by atoms with van der Waals surface area (Å²) in [6.45, 7) is 7.15. The molecule has 6 nitrogen and oxygen atoms in total. The number of nitrogens with one attached hydrogen (secondary N) is 1. The highest BCUT2D eigenvalue weighted by Gasteiger charge is 2.50. The third kappa shape index (κ3) is 4.49. The van der Waals surface area contributed by atoms with E-state index in [-0.39, 0.29) is 29.6 Å². The van der Waals surface area contributed by atoms with Crippen molar-refractivity contribution in [2.24, 2.45) is 0 Å². The zero-order chi connectivity index (χ0) is 16.4. The van der Waals surface area contributed by atoms with Crippen molar-refractivity contribution < 1.29 is 19.1 Å². The molecule has 0 aromatic carbocycles. The fourth-order valence-electron chi connectivity index (χ4n) is 2.88. The quantitative estimate of drug-likeness (QED) is 0.801. The maximum Gasteiger partial charge on any atom is 0.410 e. The Labute approximate surface area is 136 Å². The van der Waals surface area contributed by atoms with Crippen molar-refractivity contribution in [1.82, 2.24) is 10.2 Å². The number of hydrogen-bond acceptors (Lipinski definition) is 4. The molecular weight excluding hydrogens is 308 g/mol. The molecular formula is C15H25ClN2O4. The van der Waals surface area contributed by atoms with E-state index in [1.165, 1.54) is 0 Å². The van der Waals surface area contributed by atoms with Gasteiger partial charge in [-0.05, 0) is 40.0 Å². The highest BCUT2D eigenvalue weighted by molar-refractivity contribution is 6.27. The van der Waals surface area contributed by atoms with Crippen molar-refractivity contribution in [2.45, 2.75) is 57.3 Å². The Morgan fingerprint density at radius 3 is 2.68 bits per heavy atom. The topological polar surface area (TPSA) is 67.9 Å². The highest BCUT2D eigenvalue weighted by atomic mass is 35.5. The lowest BCUT2D eigenvalue weighted by molar-refractivity contribution is -0.191. The molecule has 2 rings (SSSR count). The monoisotopic (exact) mass is 332 g/mol. The number of carbonyl (C=O) groups excluding carboxylic acids is 2. The lowest BCUT2D eigenvalue weighted by atomic mass is 9.85. The first-order valence-corrected chi connectivity index (χ1v) is 8.25. The molecule has 0 aromatic rings. The molecule has 2 fully saturated rings. The van der Waals surface area contributed by atoms with Crippen LogP contribution >= 0.6 is 11.6 Å². The summed E-state index contributed by atoms with van der Waals surface area (Å²) in [5.74, 6) is -0.224. The Hall–Kier alpha value is -1.01. The Kier molecular flexibility index (Phi) is 5.22. The number of amides is 2. The summed E-state index contributed by atoms with van der Waals surface area (Å²) in [6, 6.07) is 0. The second-order valence-corrected chi connectivity index (χ2v) is 7.36. The van der Waals surface area contributed by atoms with E-state index >= 15 is 0 Å². The smallest absolute Gasteiger partial charge is 0.410 e. The van der Waals surface area contributed by atoms with Gasteiger partial charge in [0.25, 0.3) is 0 Å². The molecule has 1 atom stereocenters. The molecule has 2 aliphatic rings. The summed E-state index contributed by atoms with van der Waals surface area (Å²) in [7, 11) is 0. The van der Waals surface area contributed by atoms with Crippen LogP contribution in [0.3, 0.4) is 0 Å². The number of rotatable bonds is 3. The molecule has 0 aliphatic carbocycles. The SMILES string of the molecule is CC(C)(C)OC(=O)N1CC2(CCCC(CNC(=O)CCl)O2)C1. The summed E-state index contributed by atoms with van der Waals surface area (Å²) in [4.78, 5) is 24.9. The van der Waals surface area contributed by atoms with E-state index < -0.39 is 5.60 Å². The van der Waals surface area contributed by atoms with Crippen molar-refractivity contribution in [2.75, 3.05) is 25.5 Å². The minimum Gasteiger partial charge on any atom is -0.444 e. The van der Waals surface area contributed by atoms with Gasteiger partial charge in [-0.25, -0.2) is 4.79 Å². The summed E-state index contributed by atoms with van der Waals surface area (Å²) < 4.78 is 11.5. The van der Waals surface area contributed by atoms with Crippen molar-refractivity contribution in [1.29, 1.82) is 0 Å². The lowest BCUT2D eigenvalue weighted by Gasteiger charge is -2.53. The number of nitrogens with zero attached hydrogens (tertiary/aromatic N) is 1. The number of halogens is 1. The van der Waals surface area contributed by atoms with E-state index in [1.54, 1.807) is 4.90 Å². The van der Waals surface area contributed by atoms with Crippen LogP contribution in [-0.4, -0.2) is 59.7 Å². The van der Waals surface area contributed by atoms with Crippen molar-refractivity contribution >= 4 is 23.6 Å². The number of likely N-dealkylation sites (tertiary alicyclic amines) is 1. The minimum absolute atomic E-state index is 0.0123. The van der Waals surface area contributed by atoms with Crippen LogP contribution in [0.15, 0.2) is 0 Å². The molecule has 22 heavy (non-hydrogen) atoms. The van der Waals surface area contributed by atoms with Crippen LogP contribution in [0.5, 0.6) is 0 Å². The zero-order valence-electron chi connectivity index (χ0n) is 13.5. The molecule has 0 aromatic heterocycles. The Bertz CT molecular complexity index is 430. The van der Waals surface area contributed by atoms with E-state index in [0.29, 0.717) is 19.6 Å². The normalized spacial score (nSPS) is 23.8. The molecule has 0 bridgehead atoms. The maximum atomic E-state index is 12.0. The van der Waals surface area contributed by atoms with Crippen molar-refractivity contribution in [3.8, 4) is 0 Å². The summed E-state index contributed by atoms with van der Waals surface area (Å²) >= 11 is 5.46. The van der Waals surface area contributed by atoms with Gasteiger partial charge >= 0.3 is 6.09 Å². The van der Waals surface area contributed by atoms with E-state index in [9.17, 15) is 9.59 Å². The molecule has 1 N–H and O–H groups in total. The van der Waals surface area contributed by atoms with Crippen molar-refractivity contribution in [3.05, 3.63) is 0 Å². The fourth-order valence-corrected chi connectivity index (χ4v) is 2.97. The van der Waals surface area contributed by atoms with Gasteiger partial charge in [-0.15, -0.1) is 11.6 Å². The van der Waals surface area contributed by atoms with E-state index in [4.69, 9.17) is 21.1 Å². The van der Waals surface area contributed by atoms with Gasteiger partial charge in [-0.3, -0.25) is 4.79 Å². The predicted octanol–water partition coefficient (Wildman–Crippen LogP) is 1.90. The number of ether oxygens (including phenoxy) is 2. The molecule has 2 heterocycles. The van der Waals surface area contributed by atoms with Gasteiger partial charge in [0.15, 0.2) is 0 Å². The van der Waals surface area contributed by atoms with Gasteiger partial charge < -0.3 is 19.7 Å². The molecule has 1 unspecified atom stereocenters. The Morgan fingerprint density at radius 1 is 1.41 bits per heavy atom. The molecule has 2 aliphatic heterocycles. The number of hydrogen-bond donors (Lipinski definition) is 1. The largest absolute Gasteiger partial charge is 0.444 e. The first kappa shape index (κ1) is 17.3. The second-order valence-electron chi connectivity index (χ2n) is 7.09. The molecule has 7 heteroatoms. The highest BCUT2D eigenvalue weighted by Crippen LogP contribution is 2.37. The summed E-state index contributed by atoms with van der Waals surface area (Å²) in [6.07, 6.45) is 2.58. The molecule has 126 valence electrons. The first-order chi connectivity index (χ1) is 10.2. The first-order valence-electron chi connectivity index (χ1n) is 7.71. The molecule has 1 spiro atoms. The zero-order valence-corrected chi connectivity index (χ0v) is 14.2. The third-order valence-corrected chi connectivity index (χ3v) is 4.08. The Balaban J connectivity index is 1.79. The number of carbonyl (C=O) groups is 2. The fraction of sp³-hybridized carbons (Fsp3) is 0.867. The molecule has 0 radical (unpaired) electrons. The van der Waals surface area contributed by atoms with E-state index in [2.05, 4.69) is 5.32 Å². The van der Waals surface area contributed by atoms with Gasteiger partial charge in [0.05, 0.1) is 19.2 Å². The van der Waals surface area contributed by atoms with Gasteiger partial charge in [0.1, 0.15) is 17.1 Å². The van der Waals surface area contributed by atoms with E-state index in [1.807, 2.05) is 20.8 Å². The predicted molar refractivity (Wildman–Crippen MR) is 83.0 cm³/mol. The molecule has 0 saturated carbocycles. The number of alkyl halides is 1. The van der Waals surface area contributed by atoms with Gasteiger partial charge in [0, 0.05) is 6.54 Å².